The Morgan fingerprint density at radius 2 is 1.62 bits per heavy atom. The van der Waals surface area contributed by atoms with Gasteiger partial charge in [-0.15, -0.1) is 11.8 Å². The van der Waals surface area contributed by atoms with Crippen molar-refractivity contribution in [1.82, 2.24) is 4.98 Å². The fraction of sp³-hybridized carbons (Fsp3) is 0.250. The Hall–Kier alpha value is -2.79. The van der Waals surface area contributed by atoms with Crippen LogP contribution in [-0.2, 0) is 4.79 Å². The second kappa shape index (κ2) is 9.61. The van der Waals surface area contributed by atoms with Gasteiger partial charge in [0.05, 0.1) is 0 Å². The van der Waals surface area contributed by atoms with Gasteiger partial charge in [0.25, 0.3) is 0 Å². The van der Waals surface area contributed by atoms with Crippen LogP contribution in [0.3, 0.4) is 0 Å². The standard InChI is InChI=1S/C24H24N2O2S/c27-24(26-22-12-6-7-17-25-22)23(29-21-10-4-5-11-21)18-13-15-20(16-14-18)28-19-8-2-1-3-9-19/h1-3,6-9,12-17,21,23H,4-5,10-11H2,(H,25,26,27). The van der Waals surface area contributed by atoms with E-state index in [0.29, 0.717) is 11.1 Å². The Labute approximate surface area is 175 Å². The fourth-order valence-corrected chi connectivity index (χ4v) is 4.96. The lowest BCUT2D eigenvalue weighted by Gasteiger charge is -2.20. The van der Waals surface area contributed by atoms with Crippen molar-refractivity contribution in [3.05, 3.63) is 84.6 Å². The van der Waals surface area contributed by atoms with Gasteiger partial charge in [-0.1, -0.05) is 49.2 Å². The number of benzene rings is 2. The molecule has 1 amide bonds. The highest BCUT2D eigenvalue weighted by molar-refractivity contribution is 8.00. The molecule has 1 unspecified atom stereocenters. The van der Waals surface area contributed by atoms with Crippen molar-refractivity contribution < 1.29 is 9.53 Å². The molecule has 29 heavy (non-hydrogen) atoms. The molecular formula is C24H24N2O2S. The van der Waals surface area contributed by atoms with Gasteiger partial charge < -0.3 is 10.1 Å². The van der Waals surface area contributed by atoms with Crippen molar-refractivity contribution in [2.45, 2.75) is 36.2 Å². The minimum Gasteiger partial charge on any atom is -0.457 e. The Morgan fingerprint density at radius 1 is 0.931 bits per heavy atom. The molecule has 1 fully saturated rings. The quantitative estimate of drug-likeness (QED) is 0.507. The van der Waals surface area contributed by atoms with Crippen molar-refractivity contribution in [2.75, 3.05) is 5.32 Å². The minimum atomic E-state index is -0.272. The van der Waals surface area contributed by atoms with Crippen molar-refractivity contribution in [3.8, 4) is 11.5 Å². The number of ether oxygens (including phenoxy) is 1. The van der Waals surface area contributed by atoms with Gasteiger partial charge in [0, 0.05) is 11.4 Å². The molecule has 0 aliphatic heterocycles. The summed E-state index contributed by atoms with van der Waals surface area (Å²) in [6, 6.07) is 23.1. The Morgan fingerprint density at radius 3 is 2.31 bits per heavy atom. The van der Waals surface area contributed by atoms with E-state index in [1.165, 1.54) is 25.7 Å². The van der Waals surface area contributed by atoms with E-state index >= 15 is 0 Å². The van der Waals surface area contributed by atoms with E-state index in [0.717, 1.165) is 17.1 Å². The second-order valence-electron chi connectivity index (χ2n) is 7.11. The molecule has 4 nitrogen and oxygen atoms in total. The van der Waals surface area contributed by atoms with Gasteiger partial charge in [-0.25, -0.2) is 4.98 Å². The number of carbonyl (C=O) groups is 1. The van der Waals surface area contributed by atoms with Crippen LogP contribution >= 0.6 is 11.8 Å². The Balaban J connectivity index is 1.50. The van der Waals surface area contributed by atoms with E-state index < -0.39 is 0 Å². The number of pyridine rings is 1. The lowest BCUT2D eigenvalue weighted by Crippen LogP contribution is -2.21. The first-order valence-corrected chi connectivity index (χ1v) is 10.9. The van der Waals surface area contributed by atoms with Crippen LogP contribution < -0.4 is 10.1 Å². The third-order valence-corrected chi connectivity index (χ3v) is 6.56. The summed E-state index contributed by atoms with van der Waals surface area (Å²) in [7, 11) is 0. The predicted octanol–water partition coefficient (Wildman–Crippen LogP) is 6.23. The van der Waals surface area contributed by atoms with Gasteiger partial charge in [0.15, 0.2) is 0 Å². The molecule has 1 aliphatic carbocycles. The number of hydrogen-bond acceptors (Lipinski definition) is 4. The van der Waals surface area contributed by atoms with Crippen LogP contribution in [0.1, 0.15) is 36.5 Å². The zero-order valence-corrected chi connectivity index (χ0v) is 17.0. The molecule has 1 aromatic heterocycles. The van der Waals surface area contributed by atoms with Gasteiger partial charge in [-0.2, -0.15) is 0 Å². The zero-order chi connectivity index (χ0) is 19.9. The zero-order valence-electron chi connectivity index (χ0n) is 16.2. The summed E-state index contributed by atoms with van der Waals surface area (Å²) in [6.45, 7) is 0. The van der Waals surface area contributed by atoms with E-state index in [2.05, 4.69) is 10.3 Å². The fourth-order valence-electron chi connectivity index (χ4n) is 3.47. The van der Waals surface area contributed by atoms with Crippen molar-refractivity contribution in [2.24, 2.45) is 0 Å². The monoisotopic (exact) mass is 404 g/mol. The molecule has 148 valence electrons. The molecule has 0 spiro atoms. The lowest BCUT2D eigenvalue weighted by atomic mass is 10.1. The number of carbonyl (C=O) groups excluding carboxylic acids is 1. The van der Waals surface area contributed by atoms with Crippen molar-refractivity contribution in [3.63, 3.8) is 0 Å². The average molecular weight is 405 g/mol. The molecule has 3 aromatic rings. The molecular weight excluding hydrogens is 380 g/mol. The number of amides is 1. The average Bonchev–Trinajstić information content (AvgIpc) is 3.28. The van der Waals surface area contributed by atoms with E-state index in [1.807, 2.05) is 72.8 Å². The number of para-hydroxylation sites is 1. The van der Waals surface area contributed by atoms with E-state index in [-0.39, 0.29) is 11.2 Å². The predicted molar refractivity (Wildman–Crippen MR) is 118 cm³/mol. The van der Waals surface area contributed by atoms with Gasteiger partial charge in [0.2, 0.25) is 5.91 Å². The maximum atomic E-state index is 13.1. The van der Waals surface area contributed by atoms with Gasteiger partial charge in [0.1, 0.15) is 22.6 Å². The molecule has 4 rings (SSSR count). The minimum absolute atomic E-state index is 0.0303. The number of aromatic nitrogens is 1. The topological polar surface area (TPSA) is 51.2 Å². The molecule has 0 saturated heterocycles. The molecule has 0 bridgehead atoms. The third kappa shape index (κ3) is 5.39. The van der Waals surface area contributed by atoms with Crippen LogP contribution in [0.4, 0.5) is 5.82 Å². The normalized spacial score (nSPS) is 15.0. The molecule has 1 atom stereocenters. The van der Waals surface area contributed by atoms with Gasteiger partial charge in [-0.05, 0) is 54.8 Å². The molecule has 2 aromatic carbocycles. The highest BCUT2D eigenvalue weighted by Gasteiger charge is 2.27. The van der Waals surface area contributed by atoms with E-state index in [4.69, 9.17) is 4.74 Å². The van der Waals surface area contributed by atoms with Crippen molar-refractivity contribution >= 4 is 23.5 Å². The summed E-state index contributed by atoms with van der Waals surface area (Å²) >= 11 is 1.76. The van der Waals surface area contributed by atoms with Gasteiger partial charge in [-0.3, -0.25) is 4.79 Å². The molecule has 1 heterocycles. The molecule has 1 aliphatic rings. The summed E-state index contributed by atoms with van der Waals surface area (Å²) < 4.78 is 5.89. The highest BCUT2D eigenvalue weighted by Crippen LogP contribution is 2.40. The number of nitrogens with zero attached hydrogens (tertiary/aromatic N) is 1. The SMILES string of the molecule is O=C(Nc1ccccn1)C(SC1CCCC1)c1ccc(Oc2ccccc2)cc1. The largest absolute Gasteiger partial charge is 0.457 e. The summed E-state index contributed by atoms with van der Waals surface area (Å²) in [5.41, 5.74) is 0.982. The van der Waals surface area contributed by atoms with Crippen LogP contribution in [0.2, 0.25) is 0 Å². The van der Waals surface area contributed by atoms with E-state index in [9.17, 15) is 4.79 Å². The first-order valence-electron chi connectivity index (χ1n) is 9.98. The summed E-state index contributed by atoms with van der Waals surface area (Å²) in [5.74, 6) is 2.11. The van der Waals surface area contributed by atoms with Crippen LogP contribution in [0.25, 0.3) is 0 Å². The Kier molecular flexibility index (Phi) is 6.47. The first kappa shape index (κ1) is 19.5. The van der Waals surface area contributed by atoms with Crippen LogP contribution in [0.5, 0.6) is 11.5 Å². The Bertz CT molecular complexity index is 911. The number of thioether (sulfide) groups is 1. The summed E-state index contributed by atoms with van der Waals surface area (Å²) in [4.78, 5) is 17.3. The number of anilines is 1. The number of hydrogen-bond donors (Lipinski definition) is 1. The first-order chi connectivity index (χ1) is 14.3. The molecule has 1 N–H and O–H groups in total. The lowest BCUT2D eigenvalue weighted by molar-refractivity contribution is -0.115. The number of rotatable bonds is 7. The smallest absolute Gasteiger partial charge is 0.243 e. The second-order valence-corrected chi connectivity index (χ2v) is 8.52. The van der Waals surface area contributed by atoms with Crippen LogP contribution in [0.15, 0.2) is 79.0 Å². The summed E-state index contributed by atoms with van der Waals surface area (Å²) in [6.07, 6.45) is 6.52. The number of nitrogens with one attached hydrogen (secondary N) is 1. The van der Waals surface area contributed by atoms with Crippen LogP contribution in [-0.4, -0.2) is 16.1 Å². The third-order valence-electron chi connectivity index (χ3n) is 4.95. The van der Waals surface area contributed by atoms with Crippen molar-refractivity contribution in [1.29, 1.82) is 0 Å². The van der Waals surface area contributed by atoms with Crippen LogP contribution in [0, 0.1) is 0 Å². The maximum absolute atomic E-state index is 13.1. The molecule has 5 heteroatoms. The maximum Gasteiger partial charge on any atom is 0.243 e. The van der Waals surface area contributed by atoms with E-state index in [1.54, 1.807) is 18.0 Å². The highest BCUT2D eigenvalue weighted by atomic mass is 32.2. The van der Waals surface area contributed by atoms with Gasteiger partial charge >= 0.3 is 0 Å². The summed E-state index contributed by atoms with van der Waals surface area (Å²) in [5, 5.41) is 3.22. The molecule has 1 saturated carbocycles. The molecule has 0 radical (unpaired) electrons.